The number of nitrogens with zero attached hydrogens (tertiary/aromatic N) is 5. The van der Waals surface area contributed by atoms with Crippen LogP contribution in [0.1, 0.15) is 32.1 Å². The average molecular weight is 463 g/mol. The lowest BCUT2D eigenvalue weighted by atomic mass is 10.0. The summed E-state index contributed by atoms with van der Waals surface area (Å²) in [6, 6.07) is 2.80. The number of carbonyl (C=O) groups is 1. The summed E-state index contributed by atoms with van der Waals surface area (Å²) < 4.78 is 31.3. The number of hydrogen-bond donors (Lipinski definition) is 3. The number of carboxylic acid groups (broad SMARTS) is 1. The number of anilines is 1. The maximum absolute atomic E-state index is 14.8. The second-order valence-electron chi connectivity index (χ2n) is 8.31. The predicted octanol–water partition coefficient (Wildman–Crippen LogP) is 2.84. The van der Waals surface area contributed by atoms with Crippen molar-refractivity contribution in [2.45, 2.75) is 45.4 Å². The van der Waals surface area contributed by atoms with Crippen molar-refractivity contribution in [3.05, 3.63) is 35.8 Å². The van der Waals surface area contributed by atoms with Crippen LogP contribution in [-0.2, 0) is 4.79 Å². The third-order valence-corrected chi connectivity index (χ3v) is 5.56. The molecule has 3 N–H and O–H groups in total. The van der Waals surface area contributed by atoms with Gasteiger partial charge in [0.1, 0.15) is 17.0 Å². The maximum Gasteiger partial charge on any atom is 0.290 e. The van der Waals surface area contributed by atoms with Gasteiger partial charge in [0.25, 0.3) is 6.47 Å². The topological polar surface area (TPSA) is 116 Å². The fourth-order valence-electron chi connectivity index (χ4n) is 4.12. The Morgan fingerprint density at radius 1 is 1.24 bits per heavy atom. The van der Waals surface area contributed by atoms with E-state index in [1.54, 1.807) is 6.07 Å². The SMILES string of the molecule is Cc1nc2c(F)cc(-c3nc(N[C@@H]4CCN(C)C[C@H]4O)ncc3F)cc2n1C(C)C.O=CO. The lowest BCUT2D eigenvalue weighted by molar-refractivity contribution is -0.122. The van der Waals surface area contributed by atoms with Crippen LogP contribution >= 0.6 is 0 Å². The van der Waals surface area contributed by atoms with Gasteiger partial charge in [0.15, 0.2) is 11.6 Å². The average Bonchev–Trinajstić information content (AvgIpc) is 3.08. The lowest BCUT2D eigenvalue weighted by Crippen LogP contribution is -2.48. The van der Waals surface area contributed by atoms with Gasteiger partial charge in [-0.15, -0.1) is 0 Å². The summed E-state index contributed by atoms with van der Waals surface area (Å²) in [6.07, 6.45) is 1.19. The Hall–Kier alpha value is -3.18. The van der Waals surface area contributed by atoms with Crippen molar-refractivity contribution in [3.8, 4) is 11.3 Å². The number of rotatable bonds is 4. The van der Waals surface area contributed by atoms with Crippen LogP contribution in [0.3, 0.4) is 0 Å². The Balaban J connectivity index is 0.000000968. The molecule has 1 aliphatic heterocycles. The molecule has 1 saturated heterocycles. The van der Waals surface area contributed by atoms with E-state index in [0.29, 0.717) is 29.9 Å². The second kappa shape index (κ2) is 10.2. The molecule has 33 heavy (non-hydrogen) atoms. The van der Waals surface area contributed by atoms with Crippen molar-refractivity contribution in [1.29, 1.82) is 0 Å². The minimum Gasteiger partial charge on any atom is -0.483 e. The van der Waals surface area contributed by atoms with Gasteiger partial charge in [0.2, 0.25) is 5.95 Å². The molecule has 4 rings (SSSR count). The summed E-state index contributed by atoms with van der Waals surface area (Å²) >= 11 is 0. The fraction of sp³-hybridized carbons (Fsp3) is 0.455. The molecule has 9 nitrogen and oxygen atoms in total. The molecule has 0 bridgehead atoms. The zero-order valence-electron chi connectivity index (χ0n) is 19.0. The Kier molecular flexibility index (Phi) is 7.54. The van der Waals surface area contributed by atoms with E-state index in [1.807, 2.05) is 37.3 Å². The number of fused-ring (bicyclic) bond motifs is 1. The van der Waals surface area contributed by atoms with Gasteiger partial charge < -0.3 is 25.0 Å². The number of likely N-dealkylation sites (tertiary alicyclic amines) is 1. The number of halogens is 2. The van der Waals surface area contributed by atoms with Crippen molar-refractivity contribution in [2.24, 2.45) is 0 Å². The zero-order valence-corrected chi connectivity index (χ0v) is 19.0. The number of aromatic nitrogens is 4. The number of β-amino-alcohol motifs (C(OH)–C–C–N with tert-alkyl or cyclic N) is 1. The van der Waals surface area contributed by atoms with Gasteiger partial charge in [-0.3, -0.25) is 4.79 Å². The number of aryl methyl sites for hydroxylation is 1. The molecule has 1 aliphatic rings. The molecule has 2 atom stereocenters. The molecular weight excluding hydrogens is 434 g/mol. The van der Waals surface area contributed by atoms with Gasteiger partial charge in [-0.05, 0) is 52.9 Å². The van der Waals surface area contributed by atoms with Gasteiger partial charge in [-0.1, -0.05) is 0 Å². The Bertz CT molecular complexity index is 1140. The van der Waals surface area contributed by atoms with Gasteiger partial charge in [-0.2, -0.15) is 0 Å². The van der Waals surface area contributed by atoms with Crippen LogP contribution in [0.4, 0.5) is 14.7 Å². The largest absolute Gasteiger partial charge is 0.483 e. The highest BCUT2D eigenvalue weighted by atomic mass is 19.1. The van der Waals surface area contributed by atoms with Crippen LogP contribution < -0.4 is 5.32 Å². The quantitative estimate of drug-likeness (QED) is 0.507. The number of imidazole rings is 1. The van der Waals surface area contributed by atoms with E-state index >= 15 is 0 Å². The summed E-state index contributed by atoms with van der Waals surface area (Å²) in [5.74, 6) is -0.273. The Labute approximate surface area is 190 Å². The van der Waals surface area contributed by atoms with Gasteiger partial charge in [0, 0.05) is 18.2 Å². The van der Waals surface area contributed by atoms with Crippen LogP contribution in [0.25, 0.3) is 22.3 Å². The molecule has 0 unspecified atom stereocenters. The number of benzene rings is 1. The fourth-order valence-corrected chi connectivity index (χ4v) is 4.12. The number of piperidine rings is 1. The van der Waals surface area contributed by atoms with E-state index in [-0.39, 0.29) is 35.7 Å². The molecule has 3 aromatic rings. The second-order valence-corrected chi connectivity index (χ2v) is 8.31. The minimum absolute atomic E-state index is 0.00452. The first kappa shape index (κ1) is 24.5. The summed E-state index contributed by atoms with van der Waals surface area (Å²) in [6.45, 7) is 6.90. The van der Waals surface area contributed by atoms with Crippen molar-refractivity contribution in [3.63, 3.8) is 0 Å². The normalized spacial score (nSPS) is 18.8. The molecule has 2 aromatic heterocycles. The van der Waals surface area contributed by atoms with Crippen LogP contribution in [0.15, 0.2) is 18.3 Å². The minimum atomic E-state index is -0.643. The van der Waals surface area contributed by atoms with Crippen LogP contribution in [-0.4, -0.2) is 73.4 Å². The standard InChI is InChI=1S/C21H26F2N6O.CH2O2/c1-11(2)29-12(3)25-20-14(22)7-13(8-17(20)29)19-15(23)9-24-21(27-19)26-16-5-6-28(4)10-18(16)30;2-1-3/h7-9,11,16,18,30H,5-6,10H2,1-4H3,(H,24,26,27);1H,(H,2,3)/t16-,18-;/m1./s1. The molecule has 1 aromatic carbocycles. The third-order valence-electron chi connectivity index (χ3n) is 5.56. The van der Waals surface area contributed by atoms with Gasteiger partial charge >= 0.3 is 0 Å². The monoisotopic (exact) mass is 462 g/mol. The maximum atomic E-state index is 14.8. The molecule has 0 aliphatic carbocycles. The third kappa shape index (κ3) is 5.25. The first-order valence-electron chi connectivity index (χ1n) is 10.6. The molecule has 0 radical (unpaired) electrons. The summed E-state index contributed by atoms with van der Waals surface area (Å²) in [5, 5.41) is 20.3. The van der Waals surface area contributed by atoms with Crippen molar-refractivity contribution in [1.82, 2.24) is 24.4 Å². The Morgan fingerprint density at radius 2 is 1.94 bits per heavy atom. The number of aliphatic hydroxyl groups is 1. The first-order chi connectivity index (χ1) is 15.7. The van der Waals surface area contributed by atoms with Crippen LogP contribution in [0.5, 0.6) is 0 Å². The molecule has 0 amide bonds. The number of likely N-dealkylation sites (N-methyl/N-ethyl adjacent to an activating group) is 1. The summed E-state index contributed by atoms with van der Waals surface area (Å²) in [5.41, 5.74) is 1.17. The molecule has 0 spiro atoms. The van der Waals surface area contributed by atoms with Crippen molar-refractivity contribution < 1.29 is 23.8 Å². The van der Waals surface area contributed by atoms with E-state index in [1.165, 1.54) is 6.07 Å². The summed E-state index contributed by atoms with van der Waals surface area (Å²) in [4.78, 5) is 23.0. The molecule has 1 fully saturated rings. The highest BCUT2D eigenvalue weighted by Gasteiger charge is 2.27. The molecule has 11 heteroatoms. The Morgan fingerprint density at radius 3 is 2.58 bits per heavy atom. The van der Waals surface area contributed by atoms with Crippen molar-refractivity contribution in [2.75, 3.05) is 25.5 Å². The molecular formula is C22H28F2N6O3. The zero-order chi connectivity index (χ0) is 24.3. The number of hydrogen-bond acceptors (Lipinski definition) is 7. The highest BCUT2D eigenvalue weighted by Crippen LogP contribution is 2.30. The van der Waals surface area contributed by atoms with Gasteiger partial charge in [-0.25, -0.2) is 23.7 Å². The van der Waals surface area contributed by atoms with E-state index in [4.69, 9.17) is 9.90 Å². The van der Waals surface area contributed by atoms with E-state index in [2.05, 4.69) is 20.3 Å². The highest BCUT2D eigenvalue weighted by molar-refractivity contribution is 5.83. The van der Waals surface area contributed by atoms with Crippen LogP contribution in [0.2, 0.25) is 0 Å². The smallest absolute Gasteiger partial charge is 0.290 e. The predicted molar refractivity (Wildman–Crippen MR) is 120 cm³/mol. The van der Waals surface area contributed by atoms with E-state index in [9.17, 15) is 13.9 Å². The lowest BCUT2D eigenvalue weighted by Gasteiger charge is -2.34. The van der Waals surface area contributed by atoms with Crippen LogP contribution in [0, 0.1) is 18.6 Å². The van der Waals surface area contributed by atoms with Gasteiger partial charge in [0.05, 0.1) is 23.9 Å². The number of aliphatic hydroxyl groups excluding tert-OH is 1. The molecule has 178 valence electrons. The summed E-state index contributed by atoms with van der Waals surface area (Å²) in [7, 11) is 1.94. The molecule has 0 saturated carbocycles. The molecule has 3 heterocycles. The first-order valence-corrected chi connectivity index (χ1v) is 10.6. The van der Waals surface area contributed by atoms with E-state index < -0.39 is 17.7 Å². The van der Waals surface area contributed by atoms with Crippen molar-refractivity contribution >= 4 is 23.5 Å². The number of nitrogens with one attached hydrogen (secondary N) is 1. The van der Waals surface area contributed by atoms with E-state index in [0.717, 1.165) is 12.7 Å².